The van der Waals surface area contributed by atoms with Gasteiger partial charge in [0.05, 0.1) is 5.69 Å². The summed E-state index contributed by atoms with van der Waals surface area (Å²) < 4.78 is 0. The van der Waals surface area contributed by atoms with Gasteiger partial charge in [-0.3, -0.25) is 0 Å². The molecule has 2 aromatic heterocycles. The zero-order valence-electron chi connectivity index (χ0n) is 16.2. The lowest BCUT2D eigenvalue weighted by Crippen LogP contribution is -2.06. The van der Waals surface area contributed by atoms with Crippen LogP contribution in [0.4, 0.5) is 10.9 Å². The molecule has 4 nitrogen and oxygen atoms in total. The van der Waals surface area contributed by atoms with Crippen LogP contribution in [0.2, 0.25) is 0 Å². The van der Waals surface area contributed by atoms with Crippen LogP contribution in [-0.2, 0) is 6.42 Å². The summed E-state index contributed by atoms with van der Waals surface area (Å²) in [4.78, 5) is 14.0. The third kappa shape index (κ3) is 4.10. The van der Waals surface area contributed by atoms with Crippen molar-refractivity contribution in [2.75, 3.05) is 5.32 Å². The van der Waals surface area contributed by atoms with Gasteiger partial charge in [0.2, 0.25) is 0 Å². The first-order chi connectivity index (χ1) is 13.6. The van der Waals surface area contributed by atoms with Crippen molar-refractivity contribution in [2.45, 2.75) is 27.2 Å². The number of aromatic nitrogens is 3. The smallest absolute Gasteiger partial charge is 0.188 e. The van der Waals surface area contributed by atoms with Crippen LogP contribution in [0, 0.1) is 20.8 Å². The van der Waals surface area contributed by atoms with E-state index in [1.807, 2.05) is 32.0 Å². The molecule has 0 radical (unpaired) electrons. The van der Waals surface area contributed by atoms with E-state index >= 15 is 0 Å². The molecule has 5 heteroatoms. The molecular formula is C23H22N4S. The predicted molar refractivity (Wildman–Crippen MR) is 116 cm³/mol. The quantitative estimate of drug-likeness (QED) is 0.467. The fraction of sp³-hybridized carbons (Fsp3) is 0.174. The molecule has 0 spiro atoms. The first kappa shape index (κ1) is 18.3. The summed E-state index contributed by atoms with van der Waals surface area (Å²) in [5.41, 5.74) is 6.68. The minimum Gasteiger partial charge on any atom is -0.316 e. The van der Waals surface area contributed by atoms with E-state index in [4.69, 9.17) is 4.98 Å². The molecule has 2 heterocycles. The van der Waals surface area contributed by atoms with E-state index in [1.54, 1.807) is 11.3 Å². The molecule has 28 heavy (non-hydrogen) atoms. The fourth-order valence-electron chi connectivity index (χ4n) is 3.13. The van der Waals surface area contributed by atoms with Crippen molar-refractivity contribution in [1.82, 2.24) is 15.0 Å². The first-order valence-electron chi connectivity index (χ1n) is 9.26. The van der Waals surface area contributed by atoms with Gasteiger partial charge in [0.15, 0.2) is 5.13 Å². The molecule has 0 saturated carbocycles. The van der Waals surface area contributed by atoms with Crippen molar-refractivity contribution in [2.24, 2.45) is 0 Å². The SMILES string of the molecule is Cc1ccc(Cc2c(C)nc(C)nc2Nc2nc(-c3ccccc3)cs2)cc1. The summed E-state index contributed by atoms with van der Waals surface area (Å²) in [5, 5.41) is 6.33. The second kappa shape index (κ2) is 7.90. The van der Waals surface area contributed by atoms with Crippen molar-refractivity contribution in [3.8, 4) is 11.3 Å². The van der Waals surface area contributed by atoms with E-state index < -0.39 is 0 Å². The van der Waals surface area contributed by atoms with E-state index in [-0.39, 0.29) is 0 Å². The predicted octanol–water partition coefficient (Wildman–Crippen LogP) is 5.86. The van der Waals surface area contributed by atoms with Crippen molar-refractivity contribution in [3.05, 3.63) is 88.2 Å². The van der Waals surface area contributed by atoms with Crippen LogP contribution in [0.5, 0.6) is 0 Å². The zero-order valence-corrected chi connectivity index (χ0v) is 17.0. The van der Waals surface area contributed by atoms with Gasteiger partial charge >= 0.3 is 0 Å². The lowest BCUT2D eigenvalue weighted by molar-refractivity contribution is 0.964. The maximum absolute atomic E-state index is 4.74. The van der Waals surface area contributed by atoms with Gasteiger partial charge < -0.3 is 5.32 Å². The van der Waals surface area contributed by atoms with Crippen LogP contribution in [0.15, 0.2) is 60.0 Å². The Kier molecular flexibility index (Phi) is 5.17. The Hall–Kier alpha value is -3.05. The van der Waals surface area contributed by atoms with E-state index in [1.165, 1.54) is 11.1 Å². The normalized spacial score (nSPS) is 10.8. The molecule has 0 aliphatic heterocycles. The summed E-state index contributed by atoms with van der Waals surface area (Å²) in [6.07, 6.45) is 0.783. The molecule has 4 aromatic rings. The molecular weight excluding hydrogens is 364 g/mol. The minimum atomic E-state index is 0.757. The Morgan fingerprint density at radius 3 is 2.36 bits per heavy atom. The highest BCUT2D eigenvalue weighted by atomic mass is 32.1. The molecule has 4 rings (SSSR count). The highest BCUT2D eigenvalue weighted by Crippen LogP contribution is 2.29. The third-order valence-electron chi connectivity index (χ3n) is 4.63. The second-order valence-corrected chi connectivity index (χ2v) is 7.73. The molecule has 0 bridgehead atoms. The van der Waals surface area contributed by atoms with Gasteiger partial charge in [0, 0.05) is 28.6 Å². The molecule has 0 fully saturated rings. The summed E-state index contributed by atoms with van der Waals surface area (Å²) >= 11 is 1.59. The van der Waals surface area contributed by atoms with Gasteiger partial charge in [-0.15, -0.1) is 11.3 Å². The number of hydrogen-bond acceptors (Lipinski definition) is 5. The van der Waals surface area contributed by atoms with Gasteiger partial charge in [-0.1, -0.05) is 60.2 Å². The first-order valence-corrected chi connectivity index (χ1v) is 10.1. The van der Waals surface area contributed by atoms with Gasteiger partial charge in [-0.2, -0.15) is 0 Å². The van der Waals surface area contributed by atoms with Crippen molar-refractivity contribution < 1.29 is 0 Å². The van der Waals surface area contributed by atoms with E-state index in [0.29, 0.717) is 0 Å². The van der Waals surface area contributed by atoms with Crippen LogP contribution in [0.25, 0.3) is 11.3 Å². The monoisotopic (exact) mass is 386 g/mol. The zero-order chi connectivity index (χ0) is 19.5. The van der Waals surface area contributed by atoms with E-state index in [2.05, 4.69) is 64.0 Å². The molecule has 0 aliphatic rings. The Morgan fingerprint density at radius 2 is 1.61 bits per heavy atom. The third-order valence-corrected chi connectivity index (χ3v) is 5.38. The molecule has 0 amide bonds. The number of aryl methyl sites for hydroxylation is 3. The van der Waals surface area contributed by atoms with Crippen molar-refractivity contribution >= 4 is 22.3 Å². The summed E-state index contributed by atoms with van der Waals surface area (Å²) in [5.74, 6) is 1.59. The molecule has 0 aliphatic carbocycles. The maximum Gasteiger partial charge on any atom is 0.188 e. The molecule has 0 atom stereocenters. The standard InChI is InChI=1S/C23H22N4S/c1-15-9-11-18(12-10-15)13-20-16(2)24-17(3)25-22(20)27-23-26-21(14-28-23)19-7-5-4-6-8-19/h4-12,14H,13H2,1-3H3,(H,24,25,26,27). The van der Waals surface area contributed by atoms with Gasteiger partial charge in [0.25, 0.3) is 0 Å². The van der Waals surface area contributed by atoms with Crippen LogP contribution in [-0.4, -0.2) is 15.0 Å². The van der Waals surface area contributed by atoms with Gasteiger partial charge in [-0.25, -0.2) is 15.0 Å². The number of thiazole rings is 1. The number of nitrogens with one attached hydrogen (secondary N) is 1. The molecule has 0 saturated heterocycles. The highest BCUT2D eigenvalue weighted by Gasteiger charge is 2.13. The Balaban J connectivity index is 1.64. The Morgan fingerprint density at radius 1 is 0.857 bits per heavy atom. The lowest BCUT2D eigenvalue weighted by atomic mass is 10.0. The summed E-state index contributed by atoms with van der Waals surface area (Å²) in [7, 11) is 0. The van der Waals surface area contributed by atoms with E-state index in [0.717, 1.165) is 45.7 Å². The maximum atomic E-state index is 4.74. The summed E-state index contributed by atoms with van der Waals surface area (Å²) in [6.45, 7) is 6.06. The van der Waals surface area contributed by atoms with Crippen LogP contribution < -0.4 is 5.32 Å². The fourth-order valence-corrected chi connectivity index (χ4v) is 3.85. The average Bonchev–Trinajstić information content (AvgIpc) is 3.15. The number of benzene rings is 2. The lowest BCUT2D eigenvalue weighted by Gasteiger charge is -2.13. The highest BCUT2D eigenvalue weighted by molar-refractivity contribution is 7.14. The Labute approximate surface area is 169 Å². The average molecular weight is 387 g/mol. The second-order valence-electron chi connectivity index (χ2n) is 6.87. The minimum absolute atomic E-state index is 0.757. The Bertz CT molecular complexity index is 1090. The largest absolute Gasteiger partial charge is 0.316 e. The van der Waals surface area contributed by atoms with Crippen molar-refractivity contribution in [1.29, 1.82) is 0 Å². The molecule has 1 N–H and O–H groups in total. The number of hydrogen-bond donors (Lipinski definition) is 1. The summed E-state index contributed by atoms with van der Waals surface area (Å²) in [6, 6.07) is 18.8. The van der Waals surface area contributed by atoms with Crippen LogP contribution in [0.3, 0.4) is 0 Å². The van der Waals surface area contributed by atoms with Crippen LogP contribution in [0.1, 0.15) is 28.2 Å². The van der Waals surface area contributed by atoms with Crippen molar-refractivity contribution in [3.63, 3.8) is 0 Å². The molecule has 140 valence electrons. The molecule has 0 unspecified atom stereocenters. The number of anilines is 2. The topological polar surface area (TPSA) is 50.7 Å². The molecule has 2 aromatic carbocycles. The van der Waals surface area contributed by atoms with Gasteiger partial charge in [-0.05, 0) is 26.3 Å². The van der Waals surface area contributed by atoms with E-state index in [9.17, 15) is 0 Å². The number of rotatable bonds is 5. The van der Waals surface area contributed by atoms with Gasteiger partial charge in [0.1, 0.15) is 11.6 Å². The van der Waals surface area contributed by atoms with Crippen LogP contribution >= 0.6 is 11.3 Å². The number of nitrogens with zero attached hydrogens (tertiary/aromatic N) is 3.